The van der Waals surface area contributed by atoms with E-state index < -0.39 is 10.0 Å². The molecule has 1 aromatic rings. The molecule has 33 heavy (non-hydrogen) atoms. The summed E-state index contributed by atoms with van der Waals surface area (Å²) in [4.78, 5) is 40.8. The summed E-state index contributed by atoms with van der Waals surface area (Å²) in [6.07, 6.45) is 5.06. The minimum atomic E-state index is -3.66. The third-order valence-electron chi connectivity index (χ3n) is 6.51. The van der Waals surface area contributed by atoms with Gasteiger partial charge in [0.2, 0.25) is 27.7 Å². The first-order chi connectivity index (χ1) is 15.8. The van der Waals surface area contributed by atoms with Gasteiger partial charge < -0.3 is 9.64 Å². The molecule has 2 heterocycles. The highest BCUT2D eigenvalue weighted by atomic mass is 32.2. The Morgan fingerprint density at radius 1 is 0.970 bits per heavy atom. The van der Waals surface area contributed by atoms with Gasteiger partial charge in [0, 0.05) is 39.1 Å². The number of amides is 3. The van der Waals surface area contributed by atoms with Crippen LogP contribution in [0, 0.1) is 11.8 Å². The number of ether oxygens (including phenoxy) is 1. The van der Waals surface area contributed by atoms with E-state index in [1.54, 1.807) is 17.0 Å². The van der Waals surface area contributed by atoms with Gasteiger partial charge in [0.05, 0.1) is 23.3 Å². The fourth-order valence-electron chi connectivity index (χ4n) is 4.66. The molecule has 0 aromatic heterocycles. The standard InChI is InChI=1S/C23H29N3O6S/c1-2-32-17-7-9-18(10-8-17)33(30,31)25-15-13-24(14-16-25)21(27)11-12-26-22(28)19-5-3-4-6-20(19)23(26)29/h3-4,7-10,19-20H,2,5-6,11-16H2,1H3/t19-,20-/m0/s1. The van der Waals surface area contributed by atoms with Crippen molar-refractivity contribution in [3.63, 3.8) is 0 Å². The van der Waals surface area contributed by atoms with Crippen molar-refractivity contribution in [1.29, 1.82) is 0 Å². The average molecular weight is 476 g/mol. The lowest BCUT2D eigenvalue weighted by atomic mass is 9.85. The molecule has 3 amide bonds. The van der Waals surface area contributed by atoms with Crippen LogP contribution < -0.4 is 4.74 Å². The molecule has 0 radical (unpaired) electrons. The van der Waals surface area contributed by atoms with Crippen molar-refractivity contribution < 1.29 is 27.5 Å². The molecule has 1 aromatic carbocycles. The number of likely N-dealkylation sites (tertiary alicyclic amines) is 1. The van der Waals surface area contributed by atoms with Crippen molar-refractivity contribution in [3.05, 3.63) is 36.4 Å². The van der Waals surface area contributed by atoms with Crippen molar-refractivity contribution in [2.45, 2.75) is 31.1 Å². The molecule has 178 valence electrons. The highest BCUT2D eigenvalue weighted by Crippen LogP contribution is 2.35. The molecule has 0 bridgehead atoms. The monoisotopic (exact) mass is 475 g/mol. The summed E-state index contributed by atoms with van der Waals surface area (Å²) in [6.45, 7) is 3.36. The minimum Gasteiger partial charge on any atom is -0.494 e. The van der Waals surface area contributed by atoms with Gasteiger partial charge >= 0.3 is 0 Å². The quantitative estimate of drug-likeness (QED) is 0.434. The van der Waals surface area contributed by atoms with Crippen LogP contribution in [0.3, 0.4) is 0 Å². The zero-order valence-corrected chi connectivity index (χ0v) is 19.5. The number of carbonyl (C=O) groups excluding carboxylic acids is 3. The van der Waals surface area contributed by atoms with E-state index in [0.29, 0.717) is 25.2 Å². The summed E-state index contributed by atoms with van der Waals surface area (Å²) < 4.78 is 32.6. The van der Waals surface area contributed by atoms with Gasteiger partial charge in [-0.25, -0.2) is 8.42 Å². The molecule has 9 nitrogen and oxygen atoms in total. The molecular weight excluding hydrogens is 446 g/mol. The molecule has 1 aliphatic carbocycles. The minimum absolute atomic E-state index is 0.0516. The predicted molar refractivity (Wildman–Crippen MR) is 120 cm³/mol. The number of rotatable bonds is 7. The van der Waals surface area contributed by atoms with Crippen LogP contribution in [0.25, 0.3) is 0 Å². The highest BCUT2D eigenvalue weighted by Gasteiger charge is 2.47. The summed E-state index contributed by atoms with van der Waals surface area (Å²) in [6, 6.07) is 6.30. The largest absolute Gasteiger partial charge is 0.494 e. The Kier molecular flexibility index (Phi) is 6.85. The molecule has 2 aliphatic heterocycles. The molecule has 2 saturated heterocycles. The summed E-state index contributed by atoms with van der Waals surface area (Å²) in [5, 5.41) is 0. The second-order valence-electron chi connectivity index (χ2n) is 8.42. The van der Waals surface area contributed by atoms with Crippen molar-refractivity contribution in [2.75, 3.05) is 39.3 Å². The van der Waals surface area contributed by atoms with Crippen LogP contribution in [-0.2, 0) is 24.4 Å². The summed E-state index contributed by atoms with van der Waals surface area (Å²) in [7, 11) is -3.66. The average Bonchev–Trinajstić information content (AvgIpc) is 3.08. The Labute approximate surface area is 194 Å². The number of fused-ring (bicyclic) bond motifs is 1. The lowest BCUT2D eigenvalue weighted by Crippen LogP contribution is -2.51. The van der Waals surface area contributed by atoms with Gasteiger partial charge in [-0.1, -0.05) is 12.2 Å². The molecule has 2 atom stereocenters. The molecule has 3 aliphatic rings. The molecule has 0 N–H and O–H groups in total. The number of imide groups is 1. The van der Waals surface area contributed by atoms with Crippen molar-refractivity contribution in [2.24, 2.45) is 11.8 Å². The van der Waals surface area contributed by atoms with Gasteiger partial charge in [0.25, 0.3) is 0 Å². The number of hydrogen-bond acceptors (Lipinski definition) is 6. The van der Waals surface area contributed by atoms with Crippen LogP contribution in [0.15, 0.2) is 41.3 Å². The van der Waals surface area contributed by atoms with Crippen LogP contribution in [0.5, 0.6) is 5.75 Å². The molecule has 2 fully saturated rings. The number of carbonyl (C=O) groups is 3. The van der Waals surface area contributed by atoms with Crippen LogP contribution in [0.1, 0.15) is 26.2 Å². The second-order valence-corrected chi connectivity index (χ2v) is 10.4. The van der Waals surface area contributed by atoms with Gasteiger partial charge in [-0.3, -0.25) is 19.3 Å². The zero-order chi connectivity index (χ0) is 23.6. The Bertz CT molecular complexity index is 1020. The summed E-state index contributed by atoms with van der Waals surface area (Å²) >= 11 is 0. The number of hydrogen-bond donors (Lipinski definition) is 0. The zero-order valence-electron chi connectivity index (χ0n) is 18.7. The van der Waals surface area contributed by atoms with E-state index in [2.05, 4.69) is 0 Å². The second kappa shape index (κ2) is 9.64. The lowest BCUT2D eigenvalue weighted by Gasteiger charge is -2.34. The normalized spacial score (nSPS) is 23.7. The number of allylic oxidation sites excluding steroid dienone is 2. The predicted octanol–water partition coefficient (Wildman–Crippen LogP) is 1.26. The summed E-state index contributed by atoms with van der Waals surface area (Å²) in [5.74, 6) is -0.538. The van der Waals surface area contributed by atoms with E-state index in [1.165, 1.54) is 21.3 Å². The maximum absolute atomic E-state index is 12.9. The molecular formula is C23H29N3O6S. The first-order valence-corrected chi connectivity index (χ1v) is 12.8. The SMILES string of the molecule is CCOc1ccc(S(=O)(=O)N2CCN(C(=O)CCN3C(=O)[C@H]4CC=CC[C@@H]4C3=O)CC2)cc1. The maximum Gasteiger partial charge on any atom is 0.243 e. The smallest absolute Gasteiger partial charge is 0.243 e. The Morgan fingerprint density at radius 3 is 2.09 bits per heavy atom. The van der Waals surface area contributed by atoms with Crippen molar-refractivity contribution in [3.8, 4) is 5.75 Å². The van der Waals surface area contributed by atoms with Crippen LogP contribution >= 0.6 is 0 Å². The maximum atomic E-state index is 12.9. The Morgan fingerprint density at radius 2 is 1.55 bits per heavy atom. The fourth-order valence-corrected chi connectivity index (χ4v) is 6.08. The molecule has 0 saturated carbocycles. The fraction of sp³-hybridized carbons (Fsp3) is 0.522. The number of piperazine rings is 1. The van der Waals surface area contributed by atoms with Gasteiger partial charge in [-0.05, 0) is 44.0 Å². The molecule has 0 spiro atoms. The van der Waals surface area contributed by atoms with E-state index in [1.807, 2.05) is 19.1 Å². The van der Waals surface area contributed by atoms with Gasteiger partial charge in [0.15, 0.2) is 0 Å². The first kappa shape index (κ1) is 23.4. The highest BCUT2D eigenvalue weighted by molar-refractivity contribution is 7.89. The summed E-state index contributed by atoms with van der Waals surface area (Å²) in [5.41, 5.74) is 0. The van der Waals surface area contributed by atoms with Crippen LogP contribution in [-0.4, -0.2) is 79.6 Å². The van der Waals surface area contributed by atoms with Crippen molar-refractivity contribution >= 4 is 27.7 Å². The van der Waals surface area contributed by atoms with Gasteiger partial charge in [-0.15, -0.1) is 0 Å². The third-order valence-corrected chi connectivity index (χ3v) is 8.42. The Balaban J connectivity index is 1.29. The van der Waals surface area contributed by atoms with E-state index in [-0.39, 0.29) is 73.6 Å². The van der Waals surface area contributed by atoms with Crippen LogP contribution in [0.4, 0.5) is 0 Å². The van der Waals surface area contributed by atoms with E-state index in [0.717, 1.165) is 0 Å². The molecule has 10 heteroatoms. The van der Waals surface area contributed by atoms with E-state index in [4.69, 9.17) is 4.74 Å². The lowest BCUT2D eigenvalue weighted by molar-refractivity contribution is -0.141. The van der Waals surface area contributed by atoms with E-state index >= 15 is 0 Å². The molecule has 4 rings (SSSR count). The van der Waals surface area contributed by atoms with Crippen molar-refractivity contribution in [1.82, 2.24) is 14.1 Å². The van der Waals surface area contributed by atoms with Gasteiger partial charge in [0.1, 0.15) is 5.75 Å². The van der Waals surface area contributed by atoms with Crippen LogP contribution in [0.2, 0.25) is 0 Å². The molecule has 0 unspecified atom stereocenters. The Hall–Kier alpha value is -2.72. The topological polar surface area (TPSA) is 104 Å². The third kappa shape index (κ3) is 4.67. The number of sulfonamides is 1. The number of nitrogens with zero attached hydrogens (tertiary/aromatic N) is 3. The van der Waals surface area contributed by atoms with Gasteiger partial charge in [-0.2, -0.15) is 4.31 Å². The number of benzene rings is 1. The van der Waals surface area contributed by atoms with E-state index in [9.17, 15) is 22.8 Å². The first-order valence-electron chi connectivity index (χ1n) is 11.3.